The third-order valence-corrected chi connectivity index (χ3v) is 3.31. The molecule has 0 saturated heterocycles. The van der Waals surface area contributed by atoms with Crippen molar-refractivity contribution in [3.05, 3.63) is 59.7 Å². The van der Waals surface area contributed by atoms with Crippen molar-refractivity contribution < 1.29 is 14.3 Å². The molecule has 4 nitrogen and oxygen atoms in total. The first kappa shape index (κ1) is 12.4. The standard InChI is InChI=1S/C16H13NO3/c18-9-11-4-3-5-12(8-11)17-16(19)14-10-20-15-7-2-1-6-13(14)15/h1-9,14H,10H2,(H,17,19). The van der Waals surface area contributed by atoms with Crippen LogP contribution >= 0.6 is 0 Å². The van der Waals surface area contributed by atoms with Gasteiger partial charge in [0.25, 0.3) is 0 Å². The quantitative estimate of drug-likeness (QED) is 0.870. The molecule has 0 radical (unpaired) electrons. The van der Waals surface area contributed by atoms with E-state index in [9.17, 15) is 9.59 Å². The van der Waals surface area contributed by atoms with Crippen molar-refractivity contribution in [3.8, 4) is 5.75 Å². The zero-order valence-electron chi connectivity index (χ0n) is 10.7. The summed E-state index contributed by atoms with van der Waals surface area (Å²) in [6.45, 7) is 0.346. The molecule has 1 N–H and O–H groups in total. The van der Waals surface area contributed by atoms with Gasteiger partial charge in [-0.3, -0.25) is 9.59 Å². The van der Waals surface area contributed by atoms with Crippen LogP contribution in [0.25, 0.3) is 0 Å². The van der Waals surface area contributed by atoms with Gasteiger partial charge in [-0.25, -0.2) is 0 Å². The number of fused-ring (bicyclic) bond motifs is 1. The fourth-order valence-electron chi connectivity index (χ4n) is 2.30. The summed E-state index contributed by atoms with van der Waals surface area (Å²) in [6.07, 6.45) is 0.754. The van der Waals surface area contributed by atoms with Gasteiger partial charge in [-0.1, -0.05) is 30.3 Å². The molecule has 20 heavy (non-hydrogen) atoms. The molecule has 1 aliphatic heterocycles. The van der Waals surface area contributed by atoms with Crippen LogP contribution in [0, 0.1) is 0 Å². The van der Waals surface area contributed by atoms with E-state index in [1.807, 2.05) is 24.3 Å². The largest absolute Gasteiger partial charge is 0.492 e. The molecule has 0 aromatic heterocycles. The lowest BCUT2D eigenvalue weighted by molar-refractivity contribution is -0.117. The number of anilines is 1. The van der Waals surface area contributed by atoms with E-state index >= 15 is 0 Å². The lowest BCUT2D eigenvalue weighted by Gasteiger charge is -2.10. The molecule has 4 heteroatoms. The minimum absolute atomic E-state index is 0.127. The van der Waals surface area contributed by atoms with Gasteiger partial charge < -0.3 is 10.1 Å². The molecule has 1 atom stereocenters. The first-order valence-corrected chi connectivity index (χ1v) is 6.36. The van der Waals surface area contributed by atoms with Gasteiger partial charge in [-0.2, -0.15) is 0 Å². The number of carbonyl (C=O) groups excluding carboxylic acids is 2. The van der Waals surface area contributed by atoms with Gasteiger partial charge in [0, 0.05) is 16.8 Å². The molecular weight excluding hydrogens is 254 g/mol. The lowest BCUT2D eigenvalue weighted by Crippen LogP contribution is -2.22. The number of carbonyl (C=O) groups is 2. The van der Waals surface area contributed by atoms with Gasteiger partial charge in [0.05, 0.1) is 0 Å². The van der Waals surface area contributed by atoms with Gasteiger partial charge in [-0.05, 0) is 18.2 Å². The molecule has 100 valence electrons. The highest BCUT2D eigenvalue weighted by Crippen LogP contribution is 2.34. The number of hydrogen-bond acceptors (Lipinski definition) is 3. The molecule has 1 heterocycles. The van der Waals surface area contributed by atoms with Crippen molar-refractivity contribution >= 4 is 17.9 Å². The van der Waals surface area contributed by atoms with Crippen LogP contribution in [-0.4, -0.2) is 18.8 Å². The van der Waals surface area contributed by atoms with Crippen molar-refractivity contribution in [1.82, 2.24) is 0 Å². The van der Waals surface area contributed by atoms with Crippen LogP contribution in [0.3, 0.4) is 0 Å². The number of benzene rings is 2. The average Bonchev–Trinajstić information content (AvgIpc) is 2.91. The number of amides is 1. The van der Waals surface area contributed by atoms with Crippen LogP contribution in [0.1, 0.15) is 21.8 Å². The maximum absolute atomic E-state index is 12.3. The minimum Gasteiger partial charge on any atom is -0.492 e. The molecule has 2 aromatic carbocycles. The van der Waals surface area contributed by atoms with Crippen LogP contribution in [0.2, 0.25) is 0 Å². The number of hydrogen-bond donors (Lipinski definition) is 1. The molecule has 0 saturated carbocycles. The molecule has 0 aliphatic carbocycles. The van der Waals surface area contributed by atoms with E-state index < -0.39 is 0 Å². The van der Waals surface area contributed by atoms with E-state index in [-0.39, 0.29) is 11.8 Å². The summed E-state index contributed by atoms with van der Waals surface area (Å²) in [5.41, 5.74) is 2.05. The first-order chi connectivity index (χ1) is 9.78. The Morgan fingerprint density at radius 3 is 2.90 bits per heavy atom. The van der Waals surface area contributed by atoms with Gasteiger partial charge in [-0.15, -0.1) is 0 Å². The monoisotopic (exact) mass is 267 g/mol. The summed E-state index contributed by atoms with van der Waals surface area (Å²) >= 11 is 0. The Labute approximate surface area is 116 Å². The van der Waals surface area contributed by atoms with Crippen LogP contribution < -0.4 is 10.1 Å². The fourth-order valence-corrected chi connectivity index (χ4v) is 2.30. The van der Waals surface area contributed by atoms with Gasteiger partial charge in [0.15, 0.2) is 0 Å². The third-order valence-electron chi connectivity index (χ3n) is 3.31. The van der Waals surface area contributed by atoms with Crippen molar-refractivity contribution in [1.29, 1.82) is 0 Å². The second-order valence-corrected chi connectivity index (χ2v) is 4.63. The Kier molecular flexibility index (Phi) is 3.21. The smallest absolute Gasteiger partial charge is 0.235 e. The molecule has 0 bridgehead atoms. The molecule has 1 aliphatic rings. The molecule has 3 rings (SSSR count). The van der Waals surface area contributed by atoms with E-state index in [1.165, 1.54) is 0 Å². The maximum atomic E-state index is 12.3. The van der Waals surface area contributed by atoms with Gasteiger partial charge in [0.2, 0.25) is 5.91 Å². The third kappa shape index (κ3) is 2.28. The number of para-hydroxylation sites is 1. The first-order valence-electron chi connectivity index (χ1n) is 6.36. The molecule has 1 amide bonds. The predicted molar refractivity (Wildman–Crippen MR) is 75.1 cm³/mol. The van der Waals surface area contributed by atoms with Gasteiger partial charge >= 0.3 is 0 Å². The van der Waals surface area contributed by atoms with Crippen molar-refractivity contribution in [2.45, 2.75) is 5.92 Å². The van der Waals surface area contributed by atoms with E-state index in [0.717, 1.165) is 17.6 Å². The second-order valence-electron chi connectivity index (χ2n) is 4.63. The highest BCUT2D eigenvalue weighted by atomic mass is 16.5. The second kappa shape index (κ2) is 5.17. The Hall–Kier alpha value is -2.62. The number of ether oxygens (including phenoxy) is 1. The molecule has 2 aromatic rings. The Morgan fingerprint density at radius 2 is 2.05 bits per heavy atom. The van der Waals surface area contributed by atoms with E-state index in [1.54, 1.807) is 24.3 Å². The average molecular weight is 267 g/mol. The van der Waals surface area contributed by atoms with Crippen LogP contribution in [0.5, 0.6) is 5.75 Å². The zero-order chi connectivity index (χ0) is 13.9. The molecule has 0 fully saturated rings. The Bertz CT molecular complexity index is 666. The number of rotatable bonds is 3. The fraction of sp³-hybridized carbons (Fsp3) is 0.125. The van der Waals surface area contributed by atoms with Crippen molar-refractivity contribution in [2.24, 2.45) is 0 Å². The summed E-state index contributed by atoms with van der Waals surface area (Å²) in [5, 5.41) is 2.82. The van der Waals surface area contributed by atoms with E-state index in [2.05, 4.69) is 5.32 Å². The SMILES string of the molecule is O=Cc1cccc(NC(=O)C2COc3ccccc32)c1. The molecular formula is C16H13NO3. The summed E-state index contributed by atoms with van der Waals surface area (Å²) in [7, 11) is 0. The minimum atomic E-state index is -0.314. The molecule has 1 unspecified atom stereocenters. The summed E-state index contributed by atoms with van der Waals surface area (Å²) in [5.74, 6) is 0.318. The number of aldehydes is 1. The maximum Gasteiger partial charge on any atom is 0.235 e. The zero-order valence-corrected chi connectivity index (χ0v) is 10.7. The van der Waals surface area contributed by atoms with Crippen LogP contribution in [0.15, 0.2) is 48.5 Å². The van der Waals surface area contributed by atoms with Crippen LogP contribution in [0.4, 0.5) is 5.69 Å². The summed E-state index contributed by atoms with van der Waals surface area (Å²) in [6, 6.07) is 14.4. The highest BCUT2D eigenvalue weighted by Gasteiger charge is 2.29. The van der Waals surface area contributed by atoms with E-state index in [4.69, 9.17) is 4.74 Å². The highest BCUT2D eigenvalue weighted by molar-refractivity contribution is 5.97. The number of nitrogens with one attached hydrogen (secondary N) is 1. The summed E-state index contributed by atoms with van der Waals surface area (Å²) in [4.78, 5) is 23.0. The van der Waals surface area contributed by atoms with E-state index in [0.29, 0.717) is 17.9 Å². The lowest BCUT2D eigenvalue weighted by atomic mass is 10.0. The van der Waals surface area contributed by atoms with Crippen molar-refractivity contribution in [3.63, 3.8) is 0 Å². The predicted octanol–water partition coefficient (Wildman–Crippen LogP) is 2.61. The Balaban J connectivity index is 1.79. The summed E-state index contributed by atoms with van der Waals surface area (Å²) < 4.78 is 5.50. The normalized spacial score (nSPS) is 16.1. The molecule has 0 spiro atoms. The topological polar surface area (TPSA) is 55.4 Å². The van der Waals surface area contributed by atoms with Crippen molar-refractivity contribution in [2.75, 3.05) is 11.9 Å². The van der Waals surface area contributed by atoms with Gasteiger partial charge in [0.1, 0.15) is 24.6 Å². The van der Waals surface area contributed by atoms with Crippen LogP contribution in [-0.2, 0) is 4.79 Å². The Morgan fingerprint density at radius 1 is 1.20 bits per heavy atom.